The van der Waals surface area contributed by atoms with Crippen molar-refractivity contribution in [3.05, 3.63) is 29.8 Å². The van der Waals surface area contributed by atoms with Crippen LogP contribution >= 0.6 is 11.8 Å². The van der Waals surface area contributed by atoms with E-state index in [0.717, 1.165) is 30.5 Å². The van der Waals surface area contributed by atoms with Gasteiger partial charge < -0.3 is 9.32 Å². The summed E-state index contributed by atoms with van der Waals surface area (Å²) in [5.41, 5.74) is 2.02. The Morgan fingerprint density at radius 2 is 2.17 bits per heavy atom. The van der Waals surface area contributed by atoms with E-state index >= 15 is 0 Å². The fourth-order valence-corrected chi connectivity index (χ4v) is 3.51. The van der Waals surface area contributed by atoms with Crippen molar-refractivity contribution >= 4 is 17.7 Å². The largest absolute Gasteiger partial charge is 0.411 e. The smallest absolute Gasteiger partial charge is 0.277 e. The molecule has 0 bridgehead atoms. The highest BCUT2D eigenvalue weighted by Crippen LogP contribution is 2.26. The number of amides is 1. The molecule has 1 amide bonds. The highest BCUT2D eigenvalue weighted by Gasteiger charge is 2.23. The summed E-state index contributed by atoms with van der Waals surface area (Å²) in [7, 11) is 0. The van der Waals surface area contributed by atoms with Gasteiger partial charge in [-0.25, -0.2) is 0 Å². The van der Waals surface area contributed by atoms with Crippen LogP contribution in [0.1, 0.15) is 31.7 Å². The number of aromatic nitrogens is 2. The van der Waals surface area contributed by atoms with E-state index in [1.165, 1.54) is 18.2 Å². The molecule has 2 aromatic rings. The molecule has 1 atom stereocenters. The Kier molecular flexibility index (Phi) is 5.00. The summed E-state index contributed by atoms with van der Waals surface area (Å²) in [4.78, 5) is 14.3. The number of hydrogen-bond donors (Lipinski definition) is 0. The average molecular weight is 331 g/mol. The molecule has 2 heterocycles. The maximum atomic E-state index is 12.3. The first-order valence-corrected chi connectivity index (χ1v) is 8.95. The number of piperidine rings is 1. The van der Waals surface area contributed by atoms with Crippen molar-refractivity contribution in [2.75, 3.05) is 12.3 Å². The average Bonchev–Trinajstić information content (AvgIpc) is 3.02. The van der Waals surface area contributed by atoms with Crippen molar-refractivity contribution in [2.45, 2.75) is 44.4 Å². The maximum Gasteiger partial charge on any atom is 0.277 e. The van der Waals surface area contributed by atoms with Crippen LogP contribution in [0, 0.1) is 6.92 Å². The Bertz CT molecular complexity index is 686. The van der Waals surface area contributed by atoms with Crippen LogP contribution in [-0.4, -0.2) is 39.3 Å². The van der Waals surface area contributed by atoms with E-state index < -0.39 is 0 Å². The normalized spacial score (nSPS) is 18.2. The van der Waals surface area contributed by atoms with Gasteiger partial charge in [-0.3, -0.25) is 4.79 Å². The van der Waals surface area contributed by atoms with E-state index in [1.54, 1.807) is 0 Å². The van der Waals surface area contributed by atoms with Gasteiger partial charge in [0.15, 0.2) is 0 Å². The Hall–Kier alpha value is -1.82. The predicted molar refractivity (Wildman–Crippen MR) is 90.2 cm³/mol. The molecule has 1 aliphatic heterocycles. The first kappa shape index (κ1) is 16.1. The van der Waals surface area contributed by atoms with Crippen molar-refractivity contribution in [3.63, 3.8) is 0 Å². The lowest BCUT2D eigenvalue weighted by Gasteiger charge is -2.33. The zero-order chi connectivity index (χ0) is 16.2. The van der Waals surface area contributed by atoms with Gasteiger partial charge in [-0.15, -0.1) is 10.2 Å². The molecular formula is C17H21N3O2S. The Morgan fingerprint density at radius 3 is 2.96 bits per heavy atom. The maximum absolute atomic E-state index is 12.3. The molecule has 1 fully saturated rings. The standard InChI is InChI=1S/C17H21N3O2S/c1-12-7-3-4-9-14(12)16-18-19-17(22-16)23-11-15(21)20-10-6-5-8-13(20)2/h3-4,7,9,13H,5-6,8,10-11H2,1-2H3/t13-/m0/s1. The van der Waals surface area contributed by atoms with Gasteiger partial charge in [-0.1, -0.05) is 30.0 Å². The predicted octanol–water partition coefficient (Wildman–Crippen LogP) is 3.54. The first-order valence-electron chi connectivity index (χ1n) is 7.97. The molecule has 1 saturated heterocycles. The fraction of sp³-hybridized carbons (Fsp3) is 0.471. The van der Waals surface area contributed by atoms with E-state index in [2.05, 4.69) is 17.1 Å². The number of carbonyl (C=O) groups is 1. The van der Waals surface area contributed by atoms with Gasteiger partial charge in [0.2, 0.25) is 11.8 Å². The van der Waals surface area contributed by atoms with Crippen LogP contribution in [0.5, 0.6) is 0 Å². The summed E-state index contributed by atoms with van der Waals surface area (Å²) < 4.78 is 5.69. The van der Waals surface area contributed by atoms with E-state index in [4.69, 9.17) is 4.42 Å². The van der Waals surface area contributed by atoms with Crippen molar-refractivity contribution in [2.24, 2.45) is 0 Å². The summed E-state index contributed by atoms with van der Waals surface area (Å²) >= 11 is 1.31. The van der Waals surface area contributed by atoms with Crippen molar-refractivity contribution in [1.29, 1.82) is 0 Å². The minimum Gasteiger partial charge on any atom is -0.411 e. The second-order valence-electron chi connectivity index (χ2n) is 5.91. The third-order valence-electron chi connectivity index (χ3n) is 4.22. The number of thioether (sulfide) groups is 1. The van der Waals surface area contributed by atoms with Crippen LogP contribution in [0.4, 0.5) is 0 Å². The second-order valence-corrected chi connectivity index (χ2v) is 6.84. The van der Waals surface area contributed by atoms with Gasteiger partial charge in [0.05, 0.1) is 5.75 Å². The van der Waals surface area contributed by atoms with Gasteiger partial charge >= 0.3 is 0 Å². The van der Waals surface area contributed by atoms with E-state index in [1.807, 2.05) is 36.1 Å². The molecule has 0 spiro atoms. The summed E-state index contributed by atoms with van der Waals surface area (Å²) in [6.45, 7) is 4.98. The molecule has 3 rings (SSSR count). The number of hydrogen-bond acceptors (Lipinski definition) is 5. The molecule has 0 radical (unpaired) electrons. The minimum atomic E-state index is 0.151. The highest BCUT2D eigenvalue weighted by atomic mass is 32.2. The number of benzene rings is 1. The van der Waals surface area contributed by atoms with Gasteiger partial charge in [0.1, 0.15) is 0 Å². The first-order chi connectivity index (χ1) is 11.1. The minimum absolute atomic E-state index is 0.151. The van der Waals surface area contributed by atoms with Crippen LogP contribution < -0.4 is 0 Å². The second kappa shape index (κ2) is 7.17. The summed E-state index contributed by atoms with van der Waals surface area (Å²) in [5, 5.41) is 8.58. The van der Waals surface area contributed by atoms with Crippen LogP contribution in [0.2, 0.25) is 0 Å². The molecule has 23 heavy (non-hydrogen) atoms. The Labute approximate surface area is 140 Å². The lowest BCUT2D eigenvalue weighted by atomic mass is 10.0. The van der Waals surface area contributed by atoms with Crippen LogP contribution in [-0.2, 0) is 4.79 Å². The van der Waals surface area contributed by atoms with E-state index in [9.17, 15) is 4.79 Å². The molecule has 0 N–H and O–H groups in total. The zero-order valence-corrected chi connectivity index (χ0v) is 14.3. The third-order valence-corrected chi connectivity index (χ3v) is 5.03. The molecule has 1 aromatic carbocycles. The summed E-state index contributed by atoms with van der Waals surface area (Å²) in [6, 6.07) is 8.22. The monoisotopic (exact) mass is 331 g/mol. The molecule has 5 nitrogen and oxygen atoms in total. The third kappa shape index (κ3) is 3.75. The lowest BCUT2D eigenvalue weighted by Crippen LogP contribution is -2.42. The molecule has 1 aliphatic rings. The van der Waals surface area contributed by atoms with Gasteiger partial charge in [0.25, 0.3) is 5.22 Å². The number of aryl methyl sites for hydroxylation is 1. The van der Waals surface area contributed by atoms with Crippen LogP contribution in [0.15, 0.2) is 33.9 Å². The van der Waals surface area contributed by atoms with Gasteiger partial charge in [0, 0.05) is 18.2 Å². The van der Waals surface area contributed by atoms with E-state index in [0.29, 0.717) is 22.9 Å². The number of rotatable bonds is 4. The topological polar surface area (TPSA) is 59.2 Å². The van der Waals surface area contributed by atoms with Crippen LogP contribution in [0.3, 0.4) is 0 Å². The van der Waals surface area contributed by atoms with Crippen molar-refractivity contribution in [1.82, 2.24) is 15.1 Å². The summed E-state index contributed by atoms with van der Waals surface area (Å²) in [5.74, 6) is 1.00. The van der Waals surface area contributed by atoms with Crippen molar-refractivity contribution in [3.8, 4) is 11.5 Å². The Balaban J connectivity index is 1.61. The lowest BCUT2D eigenvalue weighted by molar-refractivity contribution is -0.131. The molecule has 1 aromatic heterocycles. The zero-order valence-electron chi connectivity index (χ0n) is 13.5. The SMILES string of the molecule is Cc1ccccc1-c1nnc(SCC(=O)N2CCCC[C@@H]2C)o1. The Morgan fingerprint density at radius 1 is 1.35 bits per heavy atom. The molecule has 122 valence electrons. The summed E-state index contributed by atoms with van der Waals surface area (Å²) in [6.07, 6.45) is 3.40. The fourth-order valence-electron chi connectivity index (χ4n) is 2.86. The van der Waals surface area contributed by atoms with Gasteiger partial charge in [-0.05, 0) is 44.7 Å². The van der Waals surface area contributed by atoms with E-state index in [-0.39, 0.29) is 5.91 Å². The van der Waals surface area contributed by atoms with Gasteiger partial charge in [-0.2, -0.15) is 0 Å². The molecule has 0 unspecified atom stereocenters. The quantitative estimate of drug-likeness (QED) is 0.802. The van der Waals surface area contributed by atoms with Crippen LogP contribution in [0.25, 0.3) is 11.5 Å². The molecule has 0 saturated carbocycles. The number of likely N-dealkylation sites (tertiary alicyclic amines) is 1. The van der Waals surface area contributed by atoms with Crippen molar-refractivity contribution < 1.29 is 9.21 Å². The highest BCUT2D eigenvalue weighted by molar-refractivity contribution is 7.99. The molecular weight excluding hydrogens is 310 g/mol. The molecule has 0 aliphatic carbocycles. The number of carbonyl (C=O) groups excluding carboxylic acids is 1. The molecule has 6 heteroatoms. The number of nitrogens with zero attached hydrogens (tertiary/aromatic N) is 3.